The second-order valence-corrected chi connectivity index (χ2v) is 7.91. The van der Waals surface area contributed by atoms with E-state index in [9.17, 15) is 14.0 Å². The molecule has 0 spiro atoms. The van der Waals surface area contributed by atoms with Crippen LogP contribution in [0.2, 0.25) is 5.02 Å². The Hall–Kier alpha value is -3.90. The van der Waals surface area contributed by atoms with Gasteiger partial charge in [-0.2, -0.15) is 0 Å². The summed E-state index contributed by atoms with van der Waals surface area (Å²) in [6.07, 6.45) is 3.50. The lowest BCUT2D eigenvalue weighted by Gasteiger charge is -2.14. The SMILES string of the molecule is O=C1NN(c2cccc(Cl)c2)C(=O)C1=Cc1cn(Cc2ccc(F)cc2)c2ccccc12. The summed E-state index contributed by atoms with van der Waals surface area (Å²) >= 11 is 6.03. The molecule has 158 valence electrons. The molecule has 4 aromatic rings. The summed E-state index contributed by atoms with van der Waals surface area (Å²) in [6, 6.07) is 20.8. The van der Waals surface area contributed by atoms with Crippen LogP contribution in [0.4, 0.5) is 10.1 Å². The summed E-state index contributed by atoms with van der Waals surface area (Å²) in [5.41, 5.74) is 5.74. The zero-order chi connectivity index (χ0) is 22.2. The minimum absolute atomic E-state index is 0.0367. The number of hydrogen-bond donors (Lipinski definition) is 1. The Balaban J connectivity index is 1.53. The van der Waals surface area contributed by atoms with Gasteiger partial charge in [-0.1, -0.05) is 48.0 Å². The standard InChI is InChI=1S/C25H17ClFN3O2/c26-18-4-3-5-20(13-18)30-25(32)22(24(31)28-30)12-17-15-29(23-7-2-1-6-21(17)23)14-16-8-10-19(27)11-9-16/h1-13,15H,14H2,(H,28,31). The molecular weight excluding hydrogens is 429 g/mol. The average Bonchev–Trinajstić information content (AvgIpc) is 3.28. The number of rotatable bonds is 4. The van der Waals surface area contributed by atoms with Gasteiger partial charge in [0.1, 0.15) is 11.4 Å². The van der Waals surface area contributed by atoms with Gasteiger partial charge in [0.2, 0.25) is 0 Å². The lowest BCUT2D eigenvalue weighted by Crippen LogP contribution is -2.35. The van der Waals surface area contributed by atoms with E-state index in [0.29, 0.717) is 17.3 Å². The lowest BCUT2D eigenvalue weighted by atomic mass is 10.1. The molecule has 0 atom stereocenters. The molecule has 1 aliphatic rings. The molecule has 1 fully saturated rings. The first-order chi connectivity index (χ1) is 15.5. The van der Waals surface area contributed by atoms with Gasteiger partial charge in [-0.15, -0.1) is 0 Å². The Labute approximate surface area is 188 Å². The summed E-state index contributed by atoms with van der Waals surface area (Å²) in [7, 11) is 0. The number of anilines is 1. The Morgan fingerprint density at radius 2 is 1.75 bits per heavy atom. The number of para-hydroxylation sites is 1. The number of carbonyl (C=O) groups is 2. The van der Waals surface area contributed by atoms with E-state index in [-0.39, 0.29) is 11.4 Å². The number of hydrazine groups is 1. The van der Waals surface area contributed by atoms with E-state index in [4.69, 9.17) is 11.6 Å². The van der Waals surface area contributed by atoms with Crippen molar-refractivity contribution in [2.45, 2.75) is 6.54 Å². The average molecular weight is 446 g/mol. The first-order valence-electron chi connectivity index (χ1n) is 9.94. The molecule has 0 radical (unpaired) electrons. The highest BCUT2D eigenvalue weighted by Gasteiger charge is 2.34. The minimum atomic E-state index is -0.481. The highest BCUT2D eigenvalue weighted by atomic mass is 35.5. The quantitative estimate of drug-likeness (QED) is 0.357. The van der Waals surface area contributed by atoms with Crippen LogP contribution in [-0.4, -0.2) is 16.4 Å². The van der Waals surface area contributed by atoms with E-state index in [1.165, 1.54) is 17.1 Å². The fourth-order valence-electron chi connectivity index (χ4n) is 3.82. The molecule has 5 nitrogen and oxygen atoms in total. The summed E-state index contributed by atoms with van der Waals surface area (Å²) in [5, 5.41) is 2.56. The Morgan fingerprint density at radius 3 is 2.53 bits per heavy atom. The summed E-state index contributed by atoms with van der Waals surface area (Å²) in [4.78, 5) is 25.6. The second kappa shape index (κ2) is 7.98. The molecule has 0 bridgehead atoms. The van der Waals surface area contributed by atoms with Crippen molar-refractivity contribution in [1.29, 1.82) is 0 Å². The minimum Gasteiger partial charge on any atom is -0.342 e. The van der Waals surface area contributed by atoms with Crippen LogP contribution in [0, 0.1) is 5.82 Å². The Morgan fingerprint density at radius 1 is 0.969 bits per heavy atom. The van der Waals surface area contributed by atoms with Crippen molar-refractivity contribution >= 4 is 46.1 Å². The van der Waals surface area contributed by atoms with Crippen LogP contribution in [0.25, 0.3) is 17.0 Å². The molecular formula is C25H17ClFN3O2. The van der Waals surface area contributed by atoms with Crippen LogP contribution >= 0.6 is 11.6 Å². The maximum atomic E-state index is 13.3. The Kier molecular flexibility index (Phi) is 4.99. The van der Waals surface area contributed by atoms with E-state index in [1.54, 1.807) is 42.5 Å². The predicted octanol–water partition coefficient (Wildman–Crippen LogP) is 4.94. The van der Waals surface area contributed by atoms with Gasteiger partial charge in [0.05, 0.1) is 5.69 Å². The van der Waals surface area contributed by atoms with E-state index in [1.807, 2.05) is 35.0 Å². The van der Waals surface area contributed by atoms with Crippen molar-refractivity contribution in [3.8, 4) is 0 Å². The smallest absolute Gasteiger partial charge is 0.282 e. The van der Waals surface area contributed by atoms with Crippen molar-refractivity contribution in [2.75, 3.05) is 5.01 Å². The highest BCUT2D eigenvalue weighted by Crippen LogP contribution is 2.28. The highest BCUT2D eigenvalue weighted by molar-refractivity contribution is 6.33. The van der Waals surface area contributed by atoms with Gasteiger partial charge in [0.25, 0.3) is 11.8 Å². The Bertz CT molecular complexity index is 1390. The summed E-state index contributed by atoms with van der Waals surface area (Å²) in [6.45, 7) is 0.527. The number of nitrogens with zero attached hydrogens (tertiary/aromatic N) is 2. The van der Waals surface area contributed by atoms with E-state index in [0.717, 1.165) is 22.0 Å². The predicted molar refractivity (Wildman–Crippen MR) is 122 cm³/mol. The second-order valence-electron chi connectivity index (χ2n) is 7.48. The summed E-state index contributed by atoms with van der Waals surface area (Å²) in [5.74, 6) is -1.22. The van der Waals surface area contributed by atoms with Crippen LogP contribution < -0.4 is 10.4 Å². The van der Waals surface area contributed by atoms with E-state index < -0.39 is 11.8 Å². The van der Waals surface area contributed by atoms with Crippen LogP contribution in [0.3, 0.4) is 0 Å². The molecule has 1 aliphatic heterocycles. The van der Waals surface area contributed by atoms with Gasteiger partial charge in [0, 0.05) is 34.2 Å². The number of hydrogen-bond acceptors (Lipinski definition) is 2. The third kappa shape index (κ3) is 3.65. The molecule has 0 aliphatic carbocycles. The van der Waals surface area contributed by atoms with Crippen molar-refractivity contribution in [1.82, 2.24) is 9.99 Å². The molecule has 2 amide bonds. The molecule has 2 heterocycles. The number of aromatic nitrogens is 1. The van der Waals surface area contributed by atoms with Crippen molar-refractivity contribution < 1.29 is 14.0 Å². The third-order valence-electron chi connectivity index (χ3n) is 5.34. The zero-order valence-electron chi connectivity index (χ0n) is 16.8. The van der Waals surface area contributed by atoms with Gasteiger partial charge in [0.15, 0.2) is 0 Å². The van der Waals surface area contributed by atoms with Crippen LogP contribution in [0.15, 0.2) is 84.6 Å². The molecule has 0 saturated carbocycles. The number of carbonyl (C=O) groups excluding carboxylic acids is 2. The van der Waals surface area contributed by atoms with Crippen LogP contribution in [0.1, 0.15) is 11.1 Å². The van der Waals surface area contributed by atoms with Gasteiger partial charge >= 0.3 is 0 Å². The maximum absolute atomic E-state index is 13.3. The number of nitrogens with one attached hydrogen (secondary N) is 1. The van der Waals surface area contributed by atoms with E-state index >= 15 is 0 Å². The fourth-order valence-corrected chi connectivity index (χ4v) is 4.00. The van der Waals surface area contributed by atoms with Gasteiger partial charge in [-0.25, -0.2) is 9.40 Å². The molecule has 1 saturated heterocycles. The van der Waals surface area contributed by atoms with E-state index in [2.05, 4.69) is 5.43 Å². The largest absolute Gasteiger partial charge is 0.342 e. The normalized spacial score (nSPS) is 15.1. The molecule has 32 heavy (non-hydrogen) atoms. The lowest BCUT2D eigenvalue weighted by molar-refractivity contribution is -0.117. The first kappa shape index (κ1) is 20.0. The number of amides is 2. The zero-order valence-corrected chi connectivity index (χ0v) is 17.5. The van der Waals surface area contributed by atoms with Crippen LogP contribution in [-0.2, 0) is 16.1 Å². The number of fused-ring (bicyclic) bond motifs is 1. The van der Waals surface area contributed by atoms with Gasteiger partial charge in [-0.3, -0.25) is 15.0 Å². The molecule has 7 heteroatoms. The molecule has 5 rings (SSSR count). The van der Waals surface area contributed by atoms with Gasteiger partial charge in [-0.05, 0) is 48.0 Å². The topological polar surface area (TPSA) is 54.3 Å². The van der Waals surface area contributed by atoms with Crippen molar-refractivity contribution in [3.63, 3.8) is 0 Å². The molecule has 0 unspecified atom stereocenters. The maximum Gasteiger partial charge on any atom is 0.282 e. The fraction of sp³-hybridized carbons (Fsp3) is 0.0400. The molecule has 3 aromatic carbocycles. The first-order valence-corrected chi connectivity index (χ1v) is 10.3. The molecule has 1 N–H and O–H groups in total. The van der Waals surface area contributed by atoms with Crippen LogP contribution in [0.5, 0.6) is 0 Å². The molecule has 1 aromatic heterocycles. The van der Waals surface area contributed by atoms with Crippen molar-refractivity contribution in [3.05, 3.63) is 107 Å². The summed E-state index contributed by atoms with van der Waals surface area (Å²) < 4.78 is 15.3. The third-order valence-corrected chi connectivity index (χ3v) is 5.58. The van der Waals surface area contributed by atoms with Gasteiger partial charge < -0.3 is 4.57 Å². The van der Waals surface area contributed by atoms with Crippen molar-refractivity contribution in [2.24, 2.45) is 0 Å². The monoisotopic (exact) mass is 445 g/mol. The number of halogens is 2. The number of benzene rings is 3.